The molecule has 0 fully saturated rings. The van der Waals surface area contributed by atoms with E-state index in [1.54, 1.807) is 30.3 Å². The zero-order valence-corrected chi connectivity index (χ0v) is 10.8. The molecule has 0 bridgehead atoms. The lowest BCUT2D eigenvalue weighted by Gasteiger charge is -2.17. The predicted molar refractivity (Wildman–Crippen MR) is 71.8 cm³/mol. The molecule has 0 saturated heterocycles. The van der Waals surface area contributed by atoms with E-state index in [0.717, 1.165) is 0 Å². The standard InChI is InChI=1S/C13H17N3O4/c14-13(20)16-11(9-5-2-1-3-6-9)12(19)15-8-4-7-10(17)18/h1-3,5-6,11H,4,7-8H2,(H,15,19)(H,17,18)(H3,14,16,20). The molecule has 1 aromatic rings. The van der Waals surface area contributed by atoms with Gasteiger partial charge in [-0.1, -0.05) is 30.3 Å². The number of amides is 3. The number of carboxylic acid groups (broad SMARTS) is 1. The highest BCUT2D eigenvalue weighted by Gasteiger charge is 2.21. The Morgan fingerprint density at radius 1 is 1.20 bits per heavy atom. The van der Waals surface area contributed by atoms with E-state index in [0.29, 0.717) is 12.0 Å². The lowest BCUT2D eigenvalue weighted by Crippen LogP contribution is -2.42. The summed E-state index contributed by atoms with van der Waals surface area (Å²) >= 11 is 0. The molecule has 0 aromatic heterocycles. The average molecular weight is 279 g/mol. The highest BCUT2D eigenvalue weighted by Crippen LogP contribution is 2.12. The minimum absolute atomic E-state index is 0.0282. The van der Waals surface area contributed by atoms with Gasteiger partial charge < -0.3 is 21.5 Å². The summed E-state index contributed by atoms with van der Waals surface area (Å²) in [4.78, 5) is 33.3. The van der Waals surface area contributed by atoms with Crippen LogP contribution in [0, 0.1) is 0 Å². The Kier molecular flexibility index (Phi) is 6.02. The number of benzene rings is 1. The molecule has 7 nitrogen and oxygen atoms in total. The minimum atomic E-state index is -0.922. The number of urea groups is 1. The Labute approximate surface area is 116 Å². The quantitative estimate of drug-likeness (QED) is 0.539. The molecule has 0 radical (unpaired) electrons. The zero-order valence-electron chi connectivity index (χ0n) is 10.8. The van der Waals surface area contributed by atoms with Crippen molar-refractivity contribution in [2.45, 2.75) is 18.9 Å². The van der Waals surface area contributed by atoms with E-state index in [4.69, 9.17) is 10.8 Å². The van der Waals surface area contributed by atoms with Crippen LogP contribution in [0.15, 0.2) is 30.3 Å². The van der Waals surface area contributed by atoms with Crippen molar-refractivity contribution < 1.29 is 19.5 Å². The van der Waals surface area contributed by atoms with E-state index in [2.05, 4.69) is 10.6 Å². The molecule has 3 amide bonds. The Morgan fingerprint density at radius 3 is 2.40 bits per heavy atom. The zero-order chi connectivity index (χ0) is 15.0. The smallest absolute Gasteiger partial charge is 0.313 e. The normalized spacial score (nSPS) is 11.4. The van der Waals surface area contributed by atoms with Crippen LogP contribution in [0.3, 0.4) is 0 Å². The van der Waals surface area contributed by atoms with Gasteiger partial charge in [0.2, 0.25) is 5.91 Å². The second kappa shape index (κ2) is 7.78. The van der Waals surface area contributed by atoms with Gasteiger partial charge in [-0.15, -0.1) is 0 Å². The van der Waals surface area contributed by atoms with Crippen LogP contribution in [0.2, 0.25) is 0 Å². The summed E-state index contributed by atoms with van der Waals surface area (Å²) in [7, 11) is 0. The number of carboxylic acids is 1. The van der Waals surface area contributed by atoms with Crippen molar-refractivity contribution in [1.82, 2.24) is 10.6 Å². The van der Waals surface area contributed by atoms with Crippen molar-refractivity contribution in [3.63, 3.8) is 0 Å². The number of hydrogen-bond donors (Lipinski definition) is 4. The van der Waals surface area contributed by atoms with Gasteiger partial charge in [0.15, 0.2) is 0 Å². The molecule has 0 aliphatic carbocycles. The number of primary amides is 1. The summed E-state index contributed by atoms with van der Waals surface area (Å²) in [6.45, 7) is 0.217. The van der Waals surface area contributed by atoms with Gasteiger partial charge in [0.1, 0.15) is 6.04 Å². The molecule has 1 atom stereocenters. The van der Waals surface area contributed by atoms with Crippen LogP contribution in [-0.4, -0.2) is 29.6 Å². The first-order chi connectivity index (χ1) is 9.50. The summed E-state index contributed by atoms with van der Waals surface area (Å²) < 4.78 is 0. The van der Waals surface area contributed by atoms with E-state index in [-0.39, 0.29) is 13.0 Å². The molecule has 0 aliphatic heterocycles. The van der Waals surface area contributed by atoms with Gasteiger partial charge in [-0.25, -0.2) is 4.79 Å². The molecule has 7 heteroatoms. The Morgan fingerprint density at radius 2 is 1.85 bits per heavy atom. The highest BCUT2D eigenvalue weighted by molar-refractivity contribution is 5.87. The van der Waals surface area contributed by atoms with E-state index in [9.17, 15) is 14.4 Å². The molecular weight excluding hydrogens is 262 g/mol. The first-order valence-corrected chi connectivity index (χ1v) is 6.11. The second-order valence-electron chi connectivity index (χ2n) is 4.14. The largest absolute Gasteiger partial charge is 0.481 e. The third-order valence-corrected chi connectivity index (χ3v) is 2.55. The van der Waals surface area contributed by atoms with Crippen LogP contribution in [0.5, 0.6) is 0 Å². The van der Waals surface area contributed by atoms with Crippen LogP contribution in [-0.2, 0) is 9.59 Å². The molecule has 1 aromatic carbocycles. The fourth-order valence-electron chi connectivity index (χ4n) is 1.64. The predicted octanol–water partition coefficient (Wildman–Crippen LogP) is 0.377. The van der Waals surface area contributed by atoms with Crippen molar-refractivity contribution in [2.24, 2.45) is 5.73 Å². The summed E-state index contributed by atoms with van der Waals surface area (Å²) in [6, 6.07) is 6.95. The Bertz CT molecular complexity index is 476. The van der Waals surface area contributed by atoms with Crippen LogP contribution < -0.4 is 16.4 Å². The minimum Gasteiger partial charge on any atom is -0.481 e. The molecule has 0 heterocycles. The number of aliphatic carboxylic acids is 1. The SMILES string of the molecule is NC(=O)NC(C(=O)NCCCC(=O)O)c1ccccc1. The van der Waals surface area contributed by atoms with Crippen LogP contribution in [0.1, 0.15) is 24.4 Å². The molecule has 108 valence electrons. The van der Waals surface area contributed by atoms with E-state index in [1.165, 1.54) is 0 Å². The monoisotopic (exact) mass is 279 g/mol. The highest BCUT2D eigenvalue weighted by atomic mass is 16.4. The van der Waals surface area contributed by atoms with E-state index < -0.39 is 23.9 Å². The van der Waals surface area contributed by atoms with Gasteiger partial charge in [-0.05, 0) is 12.0 Å². The summed E-state index contributed by atoms with van der Waals surface area (Å²) in [5.74, 6) is -1.35. The lowest BCUT2D eigenvalue weighted by molar-refractivity contribution is -0.137. The van der Waals surface area contributed by atoms with E-state index in [1.807, 2.05) is 0 Å². The van der Waals surface area contributed by atoms with Gasteiger partial charge >= 0.3 is 12.0 Å². The van der Waals surface area contributed by atoms with Crippen molar-refractivity contribution in [3.05, 3.63) is 35.9 Å². The number of nitrogens with two attached hydrogens (primary N) is 1. The molecule has 0 aliphatic rings. The fraction of sp³-hybridized carbons (Fsp3) is 0.308. The van der Waals surface area contributed by atoms with Crippen LogP contribution in [0.4, 0.5) is 4.79 Å². The number of hydrogen-bond acceptors (Lipinski definition) is 3. The second-order valence-corrected chi connectivity index (χ2v) is 4.14. The third-order valence-electron chi connectivity index (χ3n) is 2.55. The van der Waals surface area contributed by atoms with Gasteiger partial charge in [0.25, 0.3) is 0 Å². The van der Waals surface area contributed by atoms with Crippen LogP contribution >= 0.6 is 0 Å². The molecule has 1 rings (SSSR count). The number of carbonyl (C=O) groups is 3. The topological polar surface area (TPSA) is 122 Å². The molecular formula is C13H17N3O4. The van der Waals surface area contributed by atoms with Crippen molar-refractivity contribution >= 4 is 17.9 Å². The van der Waals surface area contributed by atoms with Gasteiger partial charge in [-0.3, -0.25) is 9.59 Å². The first-order valence-electron chi connectivity index (χ1n) is 6.11. The fourth-order valence-corrected chi connectivity index (χ4v) is 1.64. The maximum Gasteiger partial charge on any atom is 0.313 e. The van der Waals surface area contributed by atoms with Crippen molar-refractivity contribution in [2.75, 3.05) is 6.54 Å². The summed E-state index contributed by atoms with van der Waals surface area (Å²) in [5.41, 5.74) is 5.65. The summed E-state index contributed by atoms with van der Waals surface area (Å²) in [6.07, 6.45) is 0.290. The lowest BCUT2D eigenvalue weighted by atomic mass is 10.1. The van der Waals surface area contributed by atoms with Crippen molar-refractivity contribution in [3.8, 4) is 0 Å². The average Bonchev–Trinajstić information content (AvgIpc) is 2.41. The summed E-state index contributed by atoms with van der Waals surface area (Å²) in [5, 5.41) is 13.4. The Hall–Kier alpha value is -2.57. The molecule has 20 heavy (non-hydrogen) atoms. The molecule has 1 unspecified atom stereocenters. The molecule has 5 N–H and O–H groups in total. The van der Waals surface area contributed by atoms with Gasteiger partial charge in [-0.2, -0.15) is 0 Å². The maximum absolute atomic E-state index is 12.0. The maximum atomic E-state index is 12.0. The van der Waals surface area contributed by atoms with Crippen LogP contribution in [0.25, 0.3) is 0 Å². The molecule has 0 saturated carbocycles. The number of rotatable bonds is 7. The van der Waals surface area contributed by atoms with E-state index >= 15 is 0 Å². The van der Waals surface area contributed by atoms with Gasteiger partial charge in [0, 0.05) is 13.0 Å². The molecule has 0 spiro atoms. The number of nitrogens with one attached hydrogen (secondary N) is 2. The first kappa shape index (κ1) is 15.5. The van der Waals surface area contributed by atoms with Crippen molar-refractivity contribution in [1.29, 1.82) is 0 Å². The number of carbonyl (C=O) groups excluding carboxylic acids is 2. The third kappa shape index (κ3) is 5.38. The van der Waals surface area contributed by atoms with Gasteiger partial charge in [0.05, 0.1) is 0 Å². The Balaban J connectivity index is 2.61.